The number of fused-ring (bicyclic) bond motifs is 1. The van der Waals surface area contributed by atoms with E-state index in [2.05, 4.69) is 15.0 Å². The number of hydrogen-bond donors (Lipinski definition) is 0. The molecular weight excluding hydrogens is 256 g/mol. The molecule has 6 nitrogen and oxygen atoms in total. The monoisotopic (exact) mass is 276 g/mol. The van der Waals surface area contributed by atoms with Gasteiger partial charge in [-0.05, 0) is 13.8 Å². The summed E-state index contributed by atoms with van der Waals surface area (Å²) >= 11 is 0. The minimum Gasteiger partial charge on any atom is -0.376 e. The van der Waals surface area contributed by atoms with Crippen LogP contribution in [0.2, 0.25) is 0 Å². The number of aromatic nitrogens is 3. The lowest BCUT2D eigenvalue weighted by molar-refractivity contribution is -0.0837. The van der Waals surface area contributed by atoms with Crippen molar-refractivity contribution in [3.05, 3.63) is 23.5 Å². The number of nitrogens with zero attached hydrogens (tertiary/aromatic N) is 4. The molecule has 108 valence electrons. The van der Waals surface area contributed by atoms with E-state index in [9.17, 15) is 0 Å². The first-order chi connectivity index (χ1) is 9.63. The van der Waals surface area contributed by atoms with Gasteiger partial charge in [0.25, 0.3) is 0 Å². The van der Waals surface area contributed by atoms with Crippen molar-refractivity contribution >= 4 is 11.5 Å². The standard InChI is InChI=1S/C14H20N4O2/c1-10-7-14(18-13(15-10)6-11(2)16-18)17(3)8-12-9-19-4-5-20-12/h6-7,12H,4-5,8-9H2,1-3H3. The molecule has 1 unspecified atom stereocenters. The predicted octanol–water partition coefficient (Wildman–Crippen LogP) is 1.20. The number of aryl methyl sites for hydroxylation is 2. The van der Waals surface area contributed by atoms with Gasteiger partial charge in [0.15, 0.2) is 5.65 Å². The van der Waals surface area contributed by atoms with Crippen LogP contribution in [0.5, 0.6) is 0 Å². The summed E-state index contributed by atoms with van der Waals surface area (Å²) in [6.45, 7) is 6.76. The number of rotatable bonds is 3. The van der Waals surface area contributed by atoms with E-state index in [0.29, 0.717) is 19.8 Å². The summed E-state index contributed by atoms with van der Waals surface area (Å²) in [5.41, 5.74) is 2.83. The largest absolute Gasteiger partial charge is 0.376 e. The molecule has 0 aliphatic carbocycles. The molecule has 0 aromatic carbocycles. The Morgan fingerprint density at radius 3 is 2.90 bits per heavy atom. The maximum Gasteiger partial charge on any atom is 0.157 e. The first-order valence-corrected chi connectivity index (χ1v) is 6.88. The van der Waals surface area contributed by atoms with Crippen molar-refractivity contribution in [3.63, 3.8) is 0 Å². The lowest BCUT2D eigenvalue weighted by Gasteiger charge is -2.28. The molecule has 1 atom stereocenters. The van der Waals surface area contributed by atoms with Gasteiger partial charge in [-0.15, -0.1) is 0 Å². The summed E-state index contributed by atoms with van der Waals surface area (Å²) in [4.78, 5) is 6.65. The van der Waals surface area contributed by atoms with Crippen molar-refractivity contribution in [3.8, 4) is 0 Å². The maximum atomic E-state index is 5.71. The number of hydrogen-bond acceptors (Lipinski definition) is 5. The molecule has 1 saturated heterocycles. The predicted molar refractivity (Wildman–Crippen MR) is 76.3 cm³/mol. The molecule has 1 fully saturated rings. The Hall–Kier alpha value is -1.66. The fourth-order valence-electron chi connectivity index (χ4n) is 2.51. The molecule has 0 amide bonds. The summed E-state index contributed by atoms with van der Waals surface area (Å²) in [5, 5.41) is 4.51. The summed E-state index contributed by atoms with van der Waals surface area (Å²) in [5.74, 6) is 1.02. The highest BCUT2D eigenvalue weighted by atomic mass is 16.6. The third kappa shape index (κ3) is 2.62. The van der Waals surface area contributed by atoms with E-state index in [1.807, 2.05) is 37.5 Å². The van der Waals surface area contributed by atoms with E-state index in [-0.39, 0.29) is 6.10 Å². The smallest absolute Gasteiger partial charge is 0.157 e. The highest BCUT2D eigenvalue weighted by Crippen LogP contribution is 2.18. The second-order valence-electron chi connectivity index (χ2n) is 5.26. The van der Waals surface area contributed by atoms with Gasteiger partial charge in [-0.2, -0.15) is 9.61 Å². The van der Waals surface area contributed by atoms with Crippen LogP contribution in [0.1, 0.15) is 11.4 Å². The normalized spacial score (nSPS) is 19.4. The number of ether oxygens (including phenoxy) is 2. The van der Waals surface area contributed by atoms with Gasteiger partial charge in [-0.3, -0.25) is 0 Å². The molecule has 0 N–H and O–H groups in total. The van der Waals surface area contributed by atoms with Gasteiger partial charge in [-0.25, -0.2) is 4.98 Å². The zero-order valence-corrected chi connectivity index (χ0v) is 12.2. The van der Waals surface area contributed by atoms with E-state index in [4.69, 9.17) is 9.47 Å². The summed E-state index contributed by atoms with van der Waals surface area (Å²) in [6, 6.07) is 4.04. The van der Waals surface area contributed by atoms with Gasteiger partial charge in [0.1, 0.15) is 5.82 Å². The maximum absolute atomic E-state index is 5.71. The van der Waals surface area contributed by atoms with E-state index in [1.54, 1.807) is 0 Å². The van der Waals surface area contributed by atoms with Gasteiger partial charge in [0.2, 0.25) is 0 Å². The van der Waals surface area contributed by atoms with Crippen molar-refractivity contribution in [2.24, 2.45) is 0 Å². The van der Waals surface area contributed by atoms with Crippen LogP contribution >= 0.6 is 0 Å². The molecule has 2 aromatic heterocycles. The van der Waals surface area contributed by atoms with Crippen LogP contribution in [0.25, 0.3) is 5.65 Å². The van der Waals surface area contributed by atoms with Crippen molar-refractivity contribution in [1.82, 2.24) is 14.6 Å². The molecule has 3 heterocycles. The Balaban J connectivity index is 1.87. The van der Waals surface area contributed by atoms with Crippen LogP contribution in [-0.2, 0) is 9.47 Å². The summed E-state index contributed by atoms with van der Waals surface area (Å²) in [6.07, 6.45) is 0.105. The van der Waals surface area contributed by atoms with E-state index < -0.39 is 0 Å². The Morgan fingerprint density at radius 2 is 2.15 bits per heavy atom. The van der Waals surface area contributed by atoms with Crippen LogP contribution in [0.15, 0.2) is 12.1 Å². The van der Waals surface area contributed by atoms with Gasteiger partial charge in [0, 0.05) is 31.4 Å². The van der Waals surface area contributed by atoms with E-state index in [0.717, 1.165) is 29.4 Å². The highest BCUT2D eigenvalue weighted by Gasteiger charge is 2.18. The van der Waals surface area contributed by atoms with E-state index in [1.165, 1.54) is 0 Å². The zero-order chi connectivity index (χ0) is 14.1. The van der Waals surface area contributed by atoms with Crippen LogP contribution in [0.3, 0.4) is 0 Å². The van der Waals surface area contributed by atoms with Crippen LogP contribution in [-0.4, -0.2) is 54.1 Å². The molecule has 20 heavy (non-hydrogen) atoms. The Labute approximate surface area is 118 Å². The summed E-state index contributed by atoms with van der Waals surface area (Å²) < 4.78 is 13.0. The number of anilines is 1. The molecule has 1 aliphatic rings. The first kappa shape index (κ1) is 13.3. The fourth-order valence-corrected chi connectivity index (χ4v) is 2.51. The second-order valence-corrected chi connectivity index (χ2v) is 5.26. The average Bonchev–Trinajstić information content (AvgIpc) is 2.78. The molecular formula is C14H20N4O2. The minimum atomic E-state index is 0.105. The van der Waals surface area contributed by atoms with Crippen molar-refractivity contribution in [1.29, 1.82) is 0 Å². The van der Waals surface area contributed by atoms with Crippen molar-refractivity contribution in [2.75, 3.05) is 38.3 Å². The topological polar surface area (TPSA) is 51.9 Å². The fraction of sp³-hybridized carbons (Fsp3) is 0.571. The molecule has 0 radical (unpaired) electrons. The quantitative estimate of drug-likeness (QED) is 0.843. The van der Waals surface area contributed by atoms with Gasteiger partial charge >= 0.3 is 0 Å². The zero-order valence-electron chi connectivity index (χ0n) is 12.2. The minimum absolute atomic E-state index is 0.105. The molecule has 6 heteroatoms. The van der Waals surface area contributed by atoms with Gasteiger partial charge in [0.05, 0.1) is 31.6 Å². The molecule has 1 aliphatic heterocycles. The molecule has 2 aromatic rings. The van der Waals surface area contributed by atoms with Crippen molar-refractivity contribution in [2.45, 2.75) is 20.0 Å². The summed E-state index contributed by atoms with van der Waals surface area (Å²) in [7, 11) is 2.04. The first-order valence-electron chi connectivity index (χ1n) is 6.88. The lowest BCUT2D eigenvalue weighted by atomic mass is 10.3. The Kier molecular flexibility index (Phi) is 3.58. The molecule has 0 spiro atoms. The third-order valence-electron chi connectivity index (χ3n) is 3.41. The lowest BCUT2D eigenvalue weighted by Crippen LogP contribution is -2.39. The Morgan fingerprint density at radius 1 is 1.30 bits per heavy atom. The third-order valence-corrected chi connectivity index (χ3v) is 3.41. The van der Waals surface area contributed by atoms with Crippen LogP contribution < -0.4 is 4.90 Å². The van der Waals surface area contributed by atoms with Crippen molar-refractivity contribution < 1.29 is 9.47 Å². The van der Waals surface area contributed by atoms with E-state index >= 15 is 0 Å². The second kappa shape index (κ2) is 5.38. The molecule has 0 saturated carbocycles. The molecule has 3 rings (SSSR count). The Bertz CT molecular complexity index is 604. The highest BCUT2D eigenvalue weighted by molar-refractivity contribution is 5.51. The van der Waals surface area contributed by atoms with Gasteiger partial charge < -0.3 is 14.4 Å². The number of likely N-dealkylation sites (N-methyl/N-ethyl adjacent to an activating group) is 1. The molecule has 0 bridgehead atoms. The average molecular weight is 276 g/mol. The van der Waals surface area contributed by atoms with Crippen LogP contribution in [0.4, 0.5) is 5.82 Å². The van der Waals surface area contributed by atoms with Crippen LogP contribution in [0, 0.1) is 13.8 Å². The van der Waals surface area contributed by atoms with Gasteiger partial charge in [-0.1, -0.05) is 0 Å². The SMILES string of the molecule is Cc1cc(N(C)CC2COCCO2)n2nc(C)cc2n1.